The van der Waals surface area contributed by atoms with Crippen molar-refractivity contribution in [1.82, 2.24) is 15.1 Å². The Bertz CT molecular complexity index is 294. The van der Waals surface area contributed by atoms with Crippen molar-refractivity contribution in [2.45, 2.75) is 25.9 Å². The molecule has 0 aliphatic rings. The van der Waals surface area contributed by atoms with Gasteiger partial charge in [0.15, 0.2) is 0 Å². The summed E-state index contributed by atoms with van der Waals surface area (Å²) >= 11 is 0. The lowest BCUT2D eigenvalue weighted by Gasteiger charge is -2.23. The molecule has 0 aromatic carbocycles. The average molecular weight is 211 g/mol. The van der Waals surface area contributed by atoms with Crippen LogP contribution in [0, 0.1) is 0 Å². The van der Waals surface area contributed by atoms with E-state index in [0.717, 1.165) is 19.5 Å². The fraction of sp³-hybridized carbons (Fsp3) is 0.727. The Labute approximate surface area is 91.6 Å². The highest BCUT2D eigenvalue weighted by atomic mass is 16.5. The van der Waals surface area contributed by atoms with Gasteiger partial charge in [-0.25, -0.2) is 0 Å². The number of aromatic nitrogens is 2. The summed E-state index contributed by atoms with van der Waals surface area (Å²) in [6.45, 7) is 5.97. The van der Waals surface area contributed by atoms with E-state index in [-0.39, 0.29) is 5.60 Å². The monoisotopic (exact) mass is 211 g/mol. The van der Waals surface area contributed by atoms with E-state index in [1.165, 1.54) is 5.56 Å². The number of hydrogen-bond acceptors (Lipinski definition) is 3. The quantitative estimate of drug-likeness (QED) is 0.713. The molecule has 0 radical (unpaired) electrons. The molecule has 0 saturated heterocycles. The first-order chi connectivity index (χ1) is 7.03. The summed E-state index contributed by atoms with van der Waals surface area (Å²) in [5.41, 5.74) is 1.18. The third-order valence-electron chi connectivity index (χ3n) is 2.45. The highest BCUT2D eigenvalue weighted by Gasteiger charge is 2.14. The van der Waals surface area contributed by atoms with Gasteiger partial charge in [0.25, 0.3) is 0 Å². The number of methoxy groups -OCH3 is 1. The first-order valence-electron chi connectivity index (χ1n) is 5.27. The van der Waals surface area contributed by atoms with Crippen LogP contribution in [0.5, 0.6) is 0 Å². The van der Waals surface area contributed by atoms with E-state index >= 15 is 0 Å². The Kier molecular flexibility index (Phi) is 4.29. The van der Waals surface area contributed by atoms with Crippen molar-refractivity contribution in [3.8, 4) is 0 Å². The molecule has 0 unspecified atom stereocenters. The van der Waals surface area contributed by atoms with E-state index in [2.05, 4.69) is 24.3 Å². The largest absolute Gasteiger partial charge is 0.377 e. The van der Waals surface area contributed by atoms with Crippen molar-refractivity contribution < 1.29 is 4.74 Å². The maximum absolute atomic E-state index is 5.32. The minimum atomic E-state index is -0.0884. The van der Waals surface area contributed by atoms with E-state index < -0.39 is 0 Å². The molecule has 1 N–H and O–H groups in total. The summed E-state index contributed by atoms with van der Waals surface area (Å²) in [4.78, 5) is 0. The molecule has 0 spiro atoms. The second-order valence-electron chi connectivity index (χ2n) is 4.41. The average Bonchev–Trinajstić information content (AvgIpc) is 2.59. The van der Waals surface area contributed by atoms with Crippen LogP contribution in [-0.2, 0) is 18.2 Å². The zero-order valence-electron chi connectivity index (χ0n) is 10.1. The minimum Gasteiger partial charge on any atom is -0.377 e. The van der Waals surface area contributed by atoms with Crippen molar-refractivity contribution in [2.75, 3.05) is 20.2 Å². The SMILES string of the molecule is COC(C)(C)CNCCc1cnn(C)c1. The Morgan fingerprint density at radius 1 is 1.53 bits per heavy atom. The summed E-state index contributed by atoms with van der Waals surface area (Å²) in [5.74, 6) is 0. The number of ether oxygens (including phenoxy) is 1. The van der Waals surface area contributed by atoms with Gasteiger partial charge in [-0.05, 0) is 32.4 Å². The molecule has 1 rings (SSSR count). The van der Waals surface area contributed by atoms with Gasteiger partial charge in [0.1, 0.15) is 0 Å². The molecule has 1 aromatic heterocycles. The van der Waals surface area contributed by atoms with E-state index in [4.69, 9.17) is 4.74 Å². The fourth-order valence-corrected chi connectivity index (χ4v) is 1.30. The molecule has 0 aliphatic carbocycles. The Morgan fingerprint density at radius 3 is 2.80 bits per heavy atom. The van der Waals surface area contributed by atoms with Crippen LogP contribution in [0.2, 0.25) is 0 Å². The lowest BCUT2D eigenvalue weighted by Crippen LogP contribution is -2.37. The first kappa shape index (κ1) is 12.2. The number of nitrogens with one attached hydrogen (secondary N) is 1. The van der Waals surface area contributed by atoms with Gasteiger partial charge >= 0.3 is 0 Å². The van der Waals surface area contributed by atoms with E-state index in [9.17, 15) is 0 Å². The zero-order valence-corrected chi connectivity index (χ0v) is 10.1. The first-order valence-corrected chi connectivity index (χ1v) is 5.27. The molecule has 15 heavy (non-hydrogen) atoms. The molecule has 0 bridgehead atoms. The molecular formula is C11H21N3O. The predicted octanol–water partition coefficient (Wildman–Crippen LogP) is 0.977. The molecule has 0 aliphatic heterocycles. The zero-order chi connectivity index (χ0) is 11.3. The second-order valence-corrected chi connectivity index (χ2v) is 4.41. The highest BCUT2D eigenvalue weighted by molar-refractivity contribution is 5.03. The number of hydrogen-bond donors (Lipinski definition) is 1. The molecule has 0 amide bonds. The van der Waals surface area contributed by atoms with E-state index in [0.29, 0.717) is 0 Å². The molecule has 86 valence electrons. The van der Waals surface area contributed by atoms with Crippen LogP contribution in [0.25, 0.3) is 0 Å². The molecule has 4 nitrogen and oxygen atoms in total. The van der Waals surface area contributed by atoms with Crippen LogP contribution >= 0.6 is 0 Å². The maximum Gasteiger partial charge on any atom is 0.0746 e. The van der Waals surface area contributed by atoms with Gasteiger partial charge in [-0.1, -0.05) is 0 Å². The molecular weight excluding hydrogens is 190 g/mol. The van der Waals surface area contributed by atoms with Crippen molar-refractivity contribution >= 4 is 0 Å². The van der Waals surface area contributed by atoms with Crippen molar-refractivity contribution in [1.29, 1.82) is 0 Å². The third-order valence-corrected chi connectivity index (χ3v) is 2.45. The summed E-state index contributed by atoms with van der Waals surface area (Å²) < 4.78 is 7.14. The topological polar surface area (TPSA) is 39.1 Å². The van der Waals surface area contributed by atoms with Gasteiger partial charge in [-0.2, -0.15) is 5.10 Å². The number of aryl methyl sites for hydroxylation is 1. The predicted molar refractivity (Wildman–Crippen MR) is 60.9 cm³/mol. The lowest BCUT2D eigenvalue weighted by atomic mass is 10.1. The van der Waals surface area contributed by atoms with Crippen molar-refractivity contribution in [3.05, 3.63) is 18.0 Å². The molecule has 0 atom stereocenters. The number of rotatable bonds is 6. The van der Waals surface area contributed by atoms with Crippen LogP contribution in [0.1, 0.15) is 19.4 Å². The van der Waals surface area contributed by atoms with Gasteiger partial charge in [-0.3, -0.25) is 4.68 Å². The van der Waals surface area contributed by atoms with Crippen LogP contribution in [0.15, 0.2) is 12.4 Å². The molecule has 4 heteroatoms. The fourth-order valence-electron chi connectivity index (χ4n) is 1.30. The summed E-state index contributed by atoms with van der Waals surface area (Å²) in [6.07, 6.45) is 4.96. The molecule has 1 aromatic rings. The van der Waals surface area contributed by atoms with Crippen LogP contribution in [0.3, 0.4) is 0 Å². The Balaban J connectivity index is 2.17. The van der Waals surface area contributed by atoms with Gasteiger partial charge in [-0.15, -0.1) is 0 Å². The van der Waals surface area contributed by atoms with Crippen LogP contribution in [-0.4, -0.2) is 35.6 Å². The van der Waals surface area contributed by atoms with Gasteiger partial charge in [0, 0.05) is 26.9 Å². The van der Waals surface area contributed by atoms with E-state index in [1.54, 1.807) is 7.11 Å². The Morgan fingerprint density at radius 2 is 2.27 bits per heavy atom. The van der Waals surface area contributed by atoms with Gasteiger partial charge < -0.3 is 10.1 Å². The molecule has 0 fully saturated rings. The minimum absolute atomic E-state index is 0.0884. The van der Waals surface area contributed by atoms with E-state index in [1.807, 2.05) is 24.1 Å². The lowest BCUT2D eigenvalue weighted by molar-refractivity contribution is 0.0235. The van der Waals surface area contributed by atoms with Gasteiger partial charge in [0.05, 0.1) is 11.8 Å². The number of nitrogens with zero attached hydrogens (tertiary/aromatic N) is 2. The second kappa shape index (κ2) is 5.28. The smallest absolute Gasteiger partial charge is 0.0746 e. The summed E-state index contributed by atoms with van der Waals surface area (Å²) in [7, 11) is 3.67. The van der Waals surface area contributed by atoms with Crippen LogP contribution < -0.4 is 5.32 Å². The standard InChI is InChI=1S/C11H21N3O/c1-11(2,15-4)9-12-6-5-10-7-13-14(3)8-10/h7-8,12H,5-6,9H2,1-4H3. The van der Waals surface area contributed by atoms with Crippen molar-refractivity contribution in [2.24, 2.45) is 7.05 Å². The molecule has 1 heterocycles. The summed E-state index contributed by atoms with van der Waals surface area (Å²) in [6, 6.07) is 0. The Hall–Kier alpha value is -0.870. The van der Waals surface area contributed by atoms with Crippen molar-refractivity contribution in [3.63, 3.8) is 0 Å². The normalized spacial score (nSPS) is 12.0. The highest BCUT2D eigenvalue weighted by Crippen LogP contribution is 2.04. The van der Waals surface area contributed by atoms with Crippen LogP contribution in [0.4, 0.5) is 0 Å². The third kappa shape index (κ3) is 4.44. The van der Waals surface area contributed by atoms with Gasteiger partial charge in [0.2, 0.25) is 0 Å². The molecule has 0 saturated carbocycles. The maximum atomic E-state index is 5.32. The summed E-state index contributed by atoms with van der Waals surface area (Å²) in [5, 5.41) is 7.50.